The van der Waals surface area contributed by atoms with Gasteiger partial charge in [0, 0.05) is 72.9 Å². The topological polar surface area (TPSA) is 60.5 Å². The normalized spacial score (nSPS) is 18.5. The molecule has 2 fully saturated rings. The number of hydrogen-bond acceptors (Lipinski definition) is 7. The van der Waals surface area contributed by atoms with Crippen LogP contribution in [0.3, 0.4) is 0 Å². The van der Waals surface area contributed by atoms with Crippen molar-refractivity contribution in [1.29, 1.82) is 0 Å². The lowest BCUT2D eigenvalue weighted by Gasteiger charge is -2.31. The first-order chi connectivity index (χ1) is 16.1. The number of nitrogens with one attached hydrogen (secondary N) is 1. The maximum Gasteiger partial charge on any atom is 0.162 e. The second-order valence-corrected chi connectivity index (χ2v) is 10.3. The van der Waals surface area contributed by atoms with Crippen molar-refractivity contribution in [3.63, 3.8) is 0 Å². The first-order valence-corrected chi connectivity index (χ1v) is 12.6. The molecule has 172 valence electrons. The fraction of sp³-hybridized carbons (Fsp3) is 0.440. The Kier molecular flexibility index (Phi) is 5.54. The van der Waals surface area contributed by atoms with Crippen molar-refractivity contribution in [3.05, 3.63) is 40.9 Å². The number of likely N-dealkylation sites (N-methyl/N-ethyl adjacent to an activating group) is 1. The van der Waals surface area contributed by atoms with Crippen LogP contribution in [0.15, 0.2) is 30.3 Å². The summed E-state index contributed by atoms with van der Waals surface area (Å²) >= 11 is 1.85. The van der Waals surface area contributed by atoms with Crippen LogP contribution >= 0.6 is 11.3 Å². The fourth-order valence-corrected chi connectivity index (χ4v) is 6.02. The summed E-state index contributed by atoms with van der Waals surface area (Å²) in [5.74, 6) is 1.86. The number of piperazine rings is 1. The molecule has 7 nitrogen and oxygen atoms in total. The van der Waals surface area contributed by atoms with Crippen molar-refractivity contribution in [3.8, 4) is 11.4 Å². The highest BCUT2D eigenvalue weighted by Crippen LogP contribution is 2.36. The lowest BCUT2D eigenvalue weighted by molar-refractivity contribution is 0.122. The number of thiophene rings is 1. The molecule has 1 aromatic carbocycles. The van der Waals surface area contributed by atoms with Crippen LogP contribution in [0.5, 0.6) is 0 Å². The molecule has 8 heteroatoms. The number of morpholine rings is 1. The summed E-state index contributed by atoms with van der Waals surface area (Å²) in [6.45, 7) is 10.8. The second kappa shape index (κ2) is 8.68. The third-order valence-corrected chi connectivity index (χ3v) is 7.84. The van der Waals surface area contributed by atoms with E-state index in [-0.39, 0.29) is 0 Å². The number of aryl methyl sites for hydroxylation is 1. The van der Waals surface area contributed by atoms with Crippen LogP contribution in [0.25, 0.3) is 32.5 Å². The quantitative estimate of drug-likeness (QED) is 0.499. The average molecular weight is 463 g/mol. The maximum absolute atomic E-state index is 5.63. The molecule has 0 aliphatic carbocycles. The molecule has 0 spiro atoms. The van der Waals surface area contributed by atoms with Gasteiger partial charge in [0.2, 0.25) is 0 Å². The maximum atomic E-state index is 5.63. The van der Waals surface area contributed by atoms with Gasteiger partial charge in [-0.1, -0.05) is 12.1 Å². The van der Waals surface area contributed by atoms with Gasteiger partial charge in [-0.3, -0.25) is 4.90 Å². The van der Waals surface area contributed by atoms with E-state index in [0.29, 0.717) is 0 Å². The molecule has 33 heavy (non-hydrogen) atoms. The van der Waals surface area contributed by atoms with E-state index in [0.717, 1.165) is 93.0 Å². The van der Waals surface area contributed by atoms with Gasteiger partial charge in [0.1, 0.15) is 0 Å². The molecular weight excluding hydrogens is 432 g/mol. The Morgan fingerprint density at radius 2 is 1.85 bits per heavy atom. The van der Waals surface area contributed by atoms with E-state index in [9.17, 15) is 0 Å². The van der Waals surface area contributed by atoms with E-state index in [1.165, 1.54) is 15.0 Å². The van der Waals surface area contributed by atoms with Crippen LogP contribution in [0.1, 0.15) is 10.6 Å². The van der Waals surface area contributed by atoms with Crippen LogP contribution in [0.4, 0.5) is 5.82 Å². The first-order valence-electron chi connectivity index (χ1n) is 11.8. The highest BCUT2D eigenvalue weighted by atomic mass is 32.1. The van der Waals surface area contributed by atoms with Crippen molar-refractivity contribution in [2.75, 3.05) is 64.4 Å². The van der Waals surface area contributed by atoms with Crippen LogP contribution in [0, 0.1) is 6.92 Å². The first kappa shape index (κ1) is 21.0. The Morgan fingerprint density at radius 1 is 1.03 bits per heavy atom. The molecule has 3 aromatic heterocycles. The number of aromatic amines is 1. The molecule has 0 bridgehead atoms. The van der Waals surface area contributed by atoms with Crippen molar-refractivity contribution < 1.29 is 4.74 Å². The van der Waals surface area contributed by atoms with Gasteiger partial charge in [-0.15, -0.1) is 11.3 Å². The Morgan fingerprint density at radius 3 is 2.67 bits per heavy atom. The van der Waals surface area contributed by atoms with Crippen LogP contribution in [0.2, 0.25) is 0 Å². The minimum absolute atomic E-state index is 0.743. The van der Waals surface area contributed by atoms with Gasteiger partial charge in [0.15, 0.2) is 11.6 Å². The van der Waals surface area contributed by atoms with E-state index in [4.69, 9.17) is 14.7 Å². The van der Waals surface area contributed by atoms with Crippen molar-refractivity contribution >= 4 is 38.3 Å². The van der Waals surface area contributed by atoms with Gasteiger partial charge >= 0.3 is 0 Å². The zero-order valence-electron chi connectivity index (χ0n) is 19.3. The molecule has 2 aliphatic rings. The lowest BCUT2D eigenvalue weighted by Crippen LogP contribution is -2.43. The predicted molar refractivity (Wildman–Crippen MR) is 135 cm³/mol. The number of rotatable bonds is 4. The SMILES string of the molecule is Cc1cc2c(-c3nc(N4CCOCC4)c4sc(CN5CCN(C)CC5)cc4n3)cccc2[nH]1. The van der Waals surface area contributed by atoms with E-state index in [1.54, 1.807) is 0 Å². The molecule has 2 saturated heterocycles. The largest absolute Gasteiger partial charge is 0.378 e. The molecule has 0 radical (unpaired) electrons. The second-order valence-electron chi connectivity index (χ2n) is 9.20. The molecule has 2 aliphatic heterocycles. The number of H-pyrrole nitrogens is 1. The number of anilines is 1. The lowest BCUT2D eigenvalue weighted by atomic mass is 10.1. The summed E-state index contributed by atoms with van der Waals surface area (Å²) in [6, 6.07) is 10.8. The molecule has 6 rings (SSSR count). The summed E-state index contributed by atoms with van der Waals surface area (Å²) in [5.41, 5.74) is 4.42. The number of ether oxygens (including phenoxy) is 1. The Bertz CT molecular complexity index is 1280. The number of benzene rings is 1. The molecule has 5 heterocycles. The van der Waals surface area contributed by atoms with E-state index >= 15 is 0 Å². The summed E-state index contributed by atoms with van der Waals surface area (Å²) in [7, 11) is 2.20. The van der Waals surface area contributed by atoms with Gasteiger partial charge in [-0.05, 0) is 32.2 Å². The summed E-state index contributed by atoms with van der Waals surface area (Å²) < 4.78 is 6.82. The van der Waals surface area contributed by atoms with E-state index in [1.807, 2.05) is 11.3 Å². The summed E-state index contributed by atoms with van der Waals surface area (Å²) in [5, 5.41) is 1.18. The van der Waals surface area contributed by atoms with Gasteiger partial charge in [0.25, 0.3) is 0 Å². The molecular formula is C25H30N6OS. The number of hydrogen-bond donors (Lipinski definition) is 1. The third-order valence-electron chi connectivity index (χ3n) is 6.73. The zero-order valence-corrected chi connectivity index (χ0v) is 20.1. The highest BCUT2D eigenvalue weighted by molar-refractivity contribution is 7.19. The van der Waals surface area contributed by atoms with Gasteiger partial charge in [-0.25, -0.2) is 9.97 Å². The minimum Gasteiger partial charge on any atom is -0.378 e. The molecule has 0 atom stereocenters. The average Bonchev–Trinajstić information content (AvgIpc) is 3.42. The zero-order chi connectivity index (χ0) is 22.4. The summed E-state index contributed by atoms with van der Waals surface area (Å²) in [4.78, 5) is 22.4. The van der Waals surface area contributed by atoms with Gasteiger partial charge in [0.05, 0.1) is 23.4 Å². The Hall–Kier alpha value is -2.52. The van der Waals surface area contributed by atoms with Gasteiger partial charge in [-0.2, -0.15) is 0 Å². The van der Waals surface area contributed by atoms with E-state index < -0.39 is 0 Å². The molecule has 1 N–H and O–H groups in total. The number of aromatic nitrogens is 3. The predicted octanol–water partition coefficient (Wildman–Crippen LogP) is 3.73. The fourth-order valence-electron chi connectivity index (χ4n) is 4.87. The highest BCUT2D eigenvalue weighted by Gasteiger charge is 2.22. The monoisotopic (exact) mass is 462 g/mol. The van der Waals surface area contributed by atoms with Crippen LogP contribution in [-0.2, 0) is 11.3 Å². The Balaban J connectivity index is 1.44. The van der Waals surface area contributed by atoms with Crippen molar-refractivity contribution in [2.45, 2.75) is 13.5 Å². The molecule has 0 saturated carbocycles. The summed E-state index contributed by atoms with van der Waals surface area (Å²) in [6.07, 6.45) is 0. The number of nitrogens with zero attached hydrogens (tertiary/aromatic N) is 5. The van der Waals surface area contributed by atoms with Crippen molar-refractivity contribution in [2.24, 2.45) is 0 Å². The molecule has 0 unspecified atom stereocenters. The smallest absolute Gasteiger partial charge is 0.162 e. The van der Waals surface area contributed by atoms with Crippen LogP contribution in [-0.4, -0.2) is 84.3 Å². The Labute approximate surface area is 198 Å². The number of fused-ring (bicyclic) bond motifs is 2. The van der Waals surface area contributed by atoms with Crippen LogP contribution < -0.4 is 4.90 Å². The molecule has 0 amide bonds. The van der Waals surface area contributed by atoms with Gasteiger partial charge < -0.3 is 19.5 Å². The van der Waals surface area contributed by atoms with E-state index in [2.05, 4.69) is 64.0 Å². The standard InChI is InChI=1S/C25H30N6OS/c1-17-14-20-19(4-3-5-21(20)26-17)24-27-22-15-18(16-30-8-6-29(2)7-9-30)33-23(22)25(28-24)31-10-12-32-13-11-31/h3-5,14-15,26H,6-13,16H2,1-2H3. The molecule has 4 aromatic rings. The third kappa shape index (κ3) is 4.12. The minimum atomic E-state index is 0.743. The van der Waals surface area contributed by atoms with Crippen molar-refractivity contribution in [1.82, 2.24) is 24.8 Å².